The van der Waals surface area contributed by atoms with Crippen molar-refractivity contribution < 1.29 is 22.4 Å². The third-order valence-corrected chi connectivity index (χ3v) is 2.03. The van der Waals surface area contributed by atoms with Gasteiger partial charge in [-0.25, -0.2) is 0 Å². The Morgan fingerprint density at radius 3 is 2.56 bits per heavy atom. The Labute approximate surface area is 92.4 Å². The highest BCUT2D eigenvalue weighted by molar-refractivity contribution is 6.73. The second-order valence-corrected chi connectivity index (χ2v) is 3.37. The van der Waals surface area contributed by atoms with Crippen LogP contribution in [0.2, 0.25) is 0 Å². The van der Waals surface area contributed by atoms with Gasteiger partial charge in [-0.05, 0) is 5.56 Å². The van der Waals surface area contributed by atoms with E-state index in [1.165, 1.54) is 13.2 Å². The Morgan fingerprint density at radius 1 is 1.19 bits per heavy atom. The minimum atomic E-state index is -4.93. The number of hydrogen-bond acceptors (Lipinski definition) is 2. The molecule has 0 atom stereocenters. The average molecular weight is 233 g/mol. The Bertz CT molecular complexity index is 328. The summed E-state index contributed by atoms with van der Waals surface area (Å²) in [6.07, 6.45) is 0. The fraction of sp³-hybridized carbons (Fsp3) is 0.400. The molecule has 90 valence electrons. The molecule has 0 amide bonds. The van der Waals surface area contributed by atoms with Gasteiger partial charge in [0.2, 0.25) is 0 Å². The van der Waals surface area contributed by atoms with E-state index in [1.807, 2.05) is 0 Å². The van der Waals surface area contributed by atoms with E-state index in [0.29, 0.717) is 18.8 Å². The molecule has 0 aliphatic heterocycles. The summed E-state index contributed by atoms with van der Waals surface area (Å²) in [5.74, 6) is 0. The first-order valence-corrected chi connectivity index (χ1v) is 4.89. The van der Waals surface area contributed by atoms with Gasteiger partial charge >= 0.3 is 6.98 Å². The van der Waals surface area contributed by atoms with Crippen LogP contribution in [0.4, 0.5) is 12.9 Å². The van der Waals surface area contributed by atoms with E-state index in [4.69, 9.17) is 9.47 Å². The Morgan fingerprint density at radius 2 is 1.94 bits per heavy atom. The number of ether oxygens (including phenoxy) is 2. The van der Waals surface area contributed by atoms with E-state index in [9.17, 15) is 12.9 Å². The topological polar surface area (TPSA) is 18.5 Å². The zero-order valence-electron chi connectivity index (χ0n) is 8.96. The first-order chi connectivity index (χ1) is 7.54. The standard InChI is InChI=1S/C10H13BF3O2/c1-15-5-6-16-8-9-3-2-4-10(7-9)11(12,13)14/h2-4,7H,5-6,8H2,1H3/q-1. The molecule has 1 aromatic rings. The Hall–Kier alpha value is -1.01. The average Bonchev–Trinajstić information content (AvgIpc) is 2.24. The maximum Gasteiger partial charge on any atom is 0.509 e. The van der Waals surface area contributed by atoms with Crippen molar-refractivity contribution in [1.82, 2.24) is 0 Å². The molecule has 0 heterocycles. The minimum absolute atomic E-state index is 0.170. The van der Waals surface area contributed by atoms with E-state index in [0.717, 1.165) is 12.1 Å². The van der Waals surface area contributed by atoms with Crippen LogP contribution in [0.25, 0.3) is 0 Å². The molecular formula is C10H13BF3O2-. The first kappa shape index (κ1) is 13.1. The highest BCUT2D eigenvalue weighted by Gasteiger charge is 2.25. The summed E-state index contributed by atoms with van der Waals surface area (Å²) in [6, 6.07) is 5.18. The number of benzene rings is 1. The third-order valence-electron chi connectivity index (χ3n) is 2.03. The highest BCUT2D eigenvalue weighted by Crippen LogP contribution is 2.10. The summed E-state index contributed by atoms with van der Waals surface area (Å²) in [5, 5.41) is 0. The maximum atomic E-state index is 12.4. The highest BCUT2D eigenvalue weighted by atomic mass is 19.4. The normalized spacial score (nSPS) is 11.8. The second kappa shape index (κ2) is 5.91. The van der Waals surface area contributed by atoms with Crippen molar-refractivity contribution in [2.45, 2.75) is 6.61 Å². The van der Waals surface area contributed by atoms with Crippen LogP contribution >= 0.6 is 0 Å². The van der Waals surface area contributed by atoms with Crippen LogP contribution in [0.15, 0.2) is 24.3 Å². The summed E-state index contributed by atoms with van der Waals surface area (Å²) >= 11 is 0. The lowest BCUT2D eigenvalue weighted by molar-refractivity contribution is 0.0617. The smallest absolute Gasteiger partial charge is 0.445 e. The molecule has 0 aliphatic carbocycles. The molecule has 0 saturated carbocycles. The van der Waals surface area contributed by atoms with Crippen molar-refractivity contribution in [1.29, 1.82) is 0 Å². The van der Waals surface area contributed by atoms with Crippen molar-refractivity contribution in [3.05, 3.63) is 29.8 Å². The van der Waals surface area contributed by atoms with Crippen LogP contribution in [0.1, 0.15) is 5.56 Å². The van der Waals surface area contributed by atoms with E-state index >= 15 is 0 Å². The van der Waals surface area contributed by atoms with Gasteiger partial charge in [-0.1, -0.05) is 24.3 Å². The number of rotatable bonds is 6. The monoisotopic (exact) mass is 233 g/mol. The molecule has 0 unspecified atom stereocenters. The molecule has 0 aromatic heterocycles. The molecular weight excluding hydrogens is 220 g/mol. The van der Waals surface area contributed by atoms with Gasteiger partial charge in [0.25, 0.3) is 0 Å². The van der Waals surface area contributed by atoms with E-state index in [1.54, 1.807) is 6.07 Å². The quantitative estimate of drug-likeness (QED) is 0.551. The van der Waals surface area contributed by atoms with Crippen LogP contribution in [0.3, 0.4) is 0 Å². The summed E-state index contributed by atoms with van der Waals surface area (Å²) in [5.41, 5.74) is -0.0688. The molecule has 6 heteroatoms. The summed E-state index contributed by atoms with van der Waals surface area (Å²) in [7, 11) is 1.54. The van der Waals surface area contributed by atoms with Crippen LogP contribution in [-0.4, -0.2) is 27.3 Å². The molecule has 0 bridgehead atoms. The molecule has 0 N–H and O–H groups in total. The molecule has 0 aliphatic rings. The van der Waals surface area contributed by atoms with Crippen molar-refractivity contribution in [2.75, 3.05) is 20.3 Å². The van der Waals surface area contributed by atoms with Gasteiger partial charge in [0, 0.05) is 7.11 Å². The molecule has 1 aromatic carbocycles. The van der Waals surface area contributed by atoms with E-state index in [2.05, 4.69) is 0 Å². The van der Waals surface area contributed by atoms with Gasteiger partial charge < -0.3 is 22.4 Å². The minimum Gasteiger partial charge on any atom is -0.445 e. The SMILES string of the molecule is COCCOCc1cccc([B-](F)(F)F)c1. The Kier molecular flexibility index (Phi) is 4.83. The van der Waals surface area contributed by atoms with Crippen LogP contribution in [0, 0.1) is 0 Å². The number of halogens is 3. The number of methoxy groups -OCH3 is 1. The van der Waals surface area contributed by atoms with Crippen molar-refractivity contribution in [3.63, 3.8) is 0 Å². The predicted octanol–water partition coefficient (Wildman–Crippen LogP) is 1.90. The van der Waals surface area contributed by atoms with Crippen molar-refractivity contribution >= 4 is 12.4 Å². The van der Waals surface area contributed by atoms with Gasteiger partial charge in [-0.3, -0.25) is 0 Å². The summed E-state index contributed by atoms with van der Waals surface area (Å²) in [6.45, 7) is -3.96. The van der Waals surface area contributed by atoms with Gasteiger partial charge in [0.15, 0.2) is 0 Å². The fourth-order valence-electron chi connectivity index (χ4n) is 1.22. The van der Waals surface area contributed by atoms with Crippen LogP contribution in [0.5, 0.6) is 0 Å². The summed E-state index contributed by atoms with van der Waals surface area (Å²) < 4.78 is 47.1. The first-order valence-electron chi connectivity index (χ1n) is 4.89. The molecule has 0 radical (unpaired) electrons. The van der Waals surface area contributed by atoms with Crippen molar-refractivity contribution in [3.8, 4) is 0 Å². The van der Waals surface area contributed by atoms with Crippen LogP contribution < -0.4 is 5.46 Å². The Balaban J connectivity index is 2.54. The second-order valence-electron chi connectivity index (χ2n) is 3.37. The third kappa shape index (κ3) is 4.24. The lowest BCUT2D eigenvalue weighted by Crippen LogP contribution is -2.34. The summed E-state index contributed by atoms with van der Waals surface area (Å²) in [4.78, 5) is 0. The molecule has 0 spiro atoms. The van der Waals surface area contributed by atoms with E-state index < -0.39 is 12.4 Å². The zero-order valence-corrected chi connectivity index (χ0v) is 8.96. The van der Waals surface area contributed by atoms with Gasteiger partial charge in [0.05, 0.1) is 19.8 Å². The number of hydrogen-bond donors (Lipinski definition) is 0. The fourth-order valence-corrected chi connectivity index (χ4v) is 1.22. The van der Waals surface area contributed by atoms with Gasteiger partial charge in [-0.15, -0.1) is 5.46 Å². The molecule has 2 nitrogen and oxygen atoms in total. The van der Waals surface area contributed by atoms with Gasteiger partial charge in [0.1, 0.15) is 0 Å². The molecule has 0 fully saturated rings. The lowest BCUT2D eigenvalue weighted by Gasteiger charge is -2.15. The molecule has 0 saturated heterocycles. The van der Waals surface area contributed by atoms with Crippen LogP contribution in [-0.2, 0) is 16.1 Å². The van der Waals surface area contributed by atoms with Gasteiger partial charge in [-0.2, -0.15) is 0 Å². The van der Waals surface area contributed by atoms with E-state index in [-0.39, 0.29) is 6.61 Å². The lowest BCUT2D eigenvalue weighted by atomic mass is 9.79. The zero-order chi connectivity index (χ0) is 12.0. The molecule has 16 heavy (non-hydrogen) atoms. The largest absolute Gasteiger partial charge is 0.509 e. The maximum absolute atomic E-state index is 12.4. The molecule has 1 rings (SSSR count). The predicted molar refractivity (Wildman–Crippen MR) is 56.7 cm³/mol. The van der Waals surface area contributed by atoms with Crippen molar-refractivity contribution in [2.24, 2.45) is 0 Å².